The van der Waals surface area contributed by atoms with Crippen molar-refractivity contribution in [2.75, 3.05) is 13.2 Å². The van der Waals surface area contributed by atoms with E-state index in [1.54, 1.807) is 0 Å². The number of hydrogen-bond donors (Lipinski definition) is 0. The molecule has 0 saturated carbocycles. The molecule has 0 amide bonds. The molecule has 0 aromatic heterocycles. The number of allylic oxidation sites excluding steroid dienone is 10. The Bertz CT molecular complexity index is 1210. The van der Waals surface area contributed by atoms with Gasteiger partial charge in [-0.2, -0.15) is 0 Å². The predicted octanol–water partition coefficient (Wildman–Crippen LogP) is 19.2. The minimum atomic E-state index is -0.777. The zero-order valence-corrected chi connectivity index (χ0v) is 44.4. The van der Waals surface area contributed by atoms with Crippen molar-refractivity contribution in [3.8, 4) is 0 Å². The van der Waals surface area contributed by atoms with Crippen LogP contribution in [0.3, 0.4) is 0 Å². The number of rotatable bonds is 52. The van der Waals surface area contributed by atoms with Gasteiger partial charge < -0.3 is 14.2 Å². The zero-order valence-electron chi connectivity index (χ0n) is 44.4. The van der Waals surface area contributed by atoms with Gasteiger partial charge in [0.15, 0.2) is 6.10 Å². The molecule has 1 unspecified atom stereocenters. The van der Waals surface area contributed by atoms with Gasteiger partial charge >= 0.3 is 17.9 Å². The minimum absolute atomic E-state index is 0.0783. The van der Waals surface area contributed by atoms with E-state index < -0.39 is 6.10 Å². The molecule has 0 aromatic rings. The normalized spacial score (nSPS) is 12.5. The van der Waals surface area contributed by atoms with Crippen LogP contribution in [-0.4, -0.2) is 37.2 Å². The van der Waals surface area contributed by atoms with Crippen LogP contribution in [0, 0.1) is 0 Å². The average molecular weight is 938 g/mol. The highest BCUT2D eigenvalue weighted by atomic mass is 16.6. The predicted molar refractivity (Wildman–Crippen MR) is 288 cm³/mol. The molecule has 0 N–H and O–H groups in total. The van der Waals surface area contributed by atoms with Gasteiger partial charge in [0.1, 0.15) is 13.2 Å². The molecule has 6 nitrogen and oxygen atoms in total. The van der Waals surface area contributed by atoms with E-state index in [0.29, 0.717) is 19.3 Å². The number of esters is 3. The van der Waals surface area contributed by atoms with Gasteiger partial charge in [-0.25, -0.2) is 0 Å². The highest BCUT2D eigenvalue weighted by molar-refractivity contribution is 5.71. The first-order valence-electron chi connectivity index (χ1n) is 28.8. The van der Waals surface area contributed by atoms with Gasteiger partial charge in [0.2, 0.25) is 0 Å². The quantitative estimate of drug-likeness (QED) is 0.0262. The molecule has 0 aliphatic carbocycles. The molecular formula is C61H108O6. The van der Waals surface area contributed by atoms with Crippen LogP contribution >= 0.6 is 0 Å². The molecule has 0 aliphatic rings. The van der Waals surface area contributed by atoms with Crippen molar-refractivity contribution >= 4 is 17.9 Å². The molecule has 0 rings (SSSR count). The molecule has 388 valence electrons. The monoisotopic (exact) mass is 937 g/mol. The molecule has 0 heterocycles. The second kappa shape index (κ2) is 55.7. The maximum absolute atomic E-state index is 12.8. The fourth-order valence-corrected chi connectivity index (χ4v) is 8.14. The van der Waals surface area contributed by atoms with Crippen molar-refractivity contribution in [1.29, 1.82) is 0 Å². The standard InChI is InChI=1S/C61H108O6/c1-4-7-10-13-16-18-20-22-23-24-25-26-27-28-29-30-31-32-33-34-35-36-37-39-40-42-45-48-51-54-60(63)66-57-58(56-65-59(62)53-50-47-44-15-12-9-6-3)67-61(64)55-52-49-46-43-41-38-21-19-17-14-11-8-5-2/h11,14,19-22,24-25,27-28,58H,4-10,12-13,15-18,23,26,29-57H2,1-3H3/b14-11-,21-19-,22-20-,25-24-,28-27-. The zero-order chi connectivity index (χ0) is 48.6. The average Bonchev–Trinajstić information content (AvgIpc) is 3.33. The lowest BCUT2D eigenvalue weighted by molar-refractivity contribution is -0.167. The first kappa shape index (κ1) is 64.1. The summed E-state index contributed by atoms with van der Waals surface area (Å²) < 4.78 is 16.7. The number of ether oxygens (including phenoxy) is 3. The molecule has 0 fully saturated rings. The second-order valence-electron chi connectivity index (χ2n) is 19.2. The van der Waals surface area contributed by atoms with E-state index in [-0.39, 0.29) is 31.1 Å². The summed E-state index contributed by atoms with van der Waals surface area (Å²) in [7, 11) is 0. The Morgan fingerprint density at radius 1 is 0.299 bits per heavy atom. The first-order valence-corrected chi connectivity index (χ1v) is 28.8. The van der Waals surface area contributed by atoms with Gasteiger partial charge in [-0.3, -0.25) is 14.4 Å². The van der Waals surface area contributed by atoms with Crippen LogP contribution in [0.2, 0.25) is 0 Å². The van der Waals surface area contributed by atoms with E-state index in [1.807, 2.05) is 0 Å². The van der Waals surface area contributed by atoms with Crippen LogP contribution in [0.25, 0.3) is 0 Å². The molecule has 0 spiro atoms. The Balaban J connectivity index is 4.06. The lowest BCUT2D eigenvalue weighted by Crippen LogP contribution is -2.30. The van der Waals surface area contributed by atoms with Gasteiger partial charge in [0.05, 0.1) is 0 Å². The molecular weight excluding hydrogens is 829 g/mol. The molecule has 0 aromatic carbocycles. The largest absolute Gasteiger partial charge is 0.462 e. The van der Waals surface area contributed by atoms with Gasteiger partial charge in [0.25, 0.3) is 0 Å². The maximum atomic E-state index is 12.8. The van der Waals surface area contributed by atoms with Gasteiger partial charge in [0, 0.05) is 19.3 Å². The van der Waals surface area contributed by atoms with E-state index in [0.717, 1.165) is 103 Å². The van der Waals surface area contributed by atoms with Crippen molar-refractivity contribution in [3.05, 3.63) is 60.8 Å². The van der Waals surface area contributed by atoms with Crippen LogP contribution < -0.4 is 0 Å². The second-order valence-corrected chi connectivity index (χ2v) is 19.2. The molecule has 6 heteroatoms. The number of unbranched alkanes of at least 4 members (excludes halogenated alkanes) is 31. The fourth-order valence-electron chi connectivity index (χ4n) is 8.14. The van der Waals surface area contributed by atoms with Crippen molar-refractivity contribution in [2.24, 2.45) is 0 Å². The Hall–Kier alpha value is -2.89. The van der Waals surface area contributed by atoms with E-state index in [9.17, 15) is 14.4 Å². The maximum Gasteiger partial charge on any atom is 0.306 e. The van der Waals surface area contributed by atoms with Crippen LogP contribution in [0.15, 0.2) is 60.8 Å². The van der Waals surface area contributed by atoms with Gasteiger partial charge in [-0.1, -0.05) is 248 Å². The van der Waals surface area contributed by atoms with Crippen LogP contribution in [0.4, 0.5) is 0 Å². The highest BCUT2D eigenvalue weighted by Gasteiger charge is 2.19. The SMILES string of the molecule is CCC/C=C\C/C=C\CCCCCCCC(=O)OC(COC(=O)CCCCCCCCC)COC(=O)CCCCCCCCCCCCCCCC/C=C\C/C=C\C/C=C\CCCCCCC. The Labute approximate surface area is 415 Å². The smallest absolute Gasteiger partial charge is 0.306 e. The van der Waals surface area contributed by atoms with Crippen molar-refractivity contribution in [1.82, 2.24) is 0 Å². The number of hydrogen-bond acceptors (Lipinski definition) is 6. The summed E-state index contributed by atoms with van der Waals surface area (Å²) in [5.41, 5.74) is 0. The molecule has 1 atom stereocenters. The fraction of sp³-hybridized carbons (Fsp3) is 0.787. The number of carbonyl (C=O) groups excluding carboxylic acids is 3. The number of carbonyl (C=O) groups is 3. The molecule has 67 heavy (non-hydrogen) atoms. The van der Waals surface area contributed by atoms with E-state index in [1.165, 1.54) is 148 Å². The summed E-state index contributed by atoms with van der Waals surface area (Å²) in [4.78, 5) is 37.8. The third-order valence-corrected chi connectivity index (χ3v) is 12.5. The van der Waals surface area contributed by atoms with Crippen LogP contribution in [0.5, 0.6) is 0 Å². The van der Waals surface area contributed by atoms with Gasteiger partial charge in [-0.05, 0) is 83.5 Å². The molecule has 0 bridgehead atoms. The third-order valence-electron chi connectivity index (χ3n) is 12.5. The lowest BCUT2D eigenvalue weighted by Gasteiger charge is -2.18. The molecule has 0 saturated heterocycles. The summed E-state index contributed by atoms with van der Waals surface area (Å²) in [6.07, 6.45) is 69.6. The summed E-state index contributed by atoms with van der Waals surface area (Å²) in [5.74, 6) is -0.893. The summed E-state index contributed by atoms with van der Waals surface area (Å²) in [6, 6.07) is 0. The Morgan fingerprint density at radius 2 is 0.567 bits per heavy atom. The Kier molecular flexibility index (Phi) is 53.3. The van der Waals surface area contributed by atoms with Gasteiger partial charge in [-0.15, -0.1) is 0 Å². The molecule has 0 radical (unpaired) electrons. The van der Waals surface area contributed by atoms with E-state index in [2.05, 4.69) is 81.5 Å². The summed E-state index contributed by atoms with van der Waals surface area (Å²) in [5, 5.41) is 0. The van der Waals surface area contributed by atoms with Crippen molar-refractivity contribution in [3.63, 3.8) is 0 Å². The third kappa shape index (κ3) is 53.9. The molecule has 0 aliphatic heterocycles. The van der Waals surface area contributed by atoms with Crippen molar-refractivity contribution in [2.45, 2.75) is 297 Å². The van der Waals surface area contributed by atoms with E-state index in [4.69, 9.17) is 14.2 Å². The minimum Gasteiger partial charge on any atom is -0.462 e. The van der Waals surface area contributed by atoms with Crippen molar-refractivity contribution < 1.29 is 28.6 Å². The first-order chi connectivity index (χ1) is 33.0. The van der Waals surface area contributed by atoms with Crippen LogP contribution in [0.1, 0.15) is 290 Å². The Morgan fingerprint density at radius 3 is 0.896 bits per heavy atom. The summed E-state index contributed by atoms with van der Waals surface area (Å²) >= 11 is 0. The highest BCUT2D eigenvalue weighted by Crippen LogP contribution is 2.16. The lowest BCUT2D eigenvalue weighted by atomic mass is 10.0. The topological polar surface area (TPSA) is 78.9 Å². The van der Waals surface area contributed by atoms with E-state index >= 15 is 0 Å². The summed E-state index contributed by atoms with van der Waals surface area (Å²) in [6.45, 7) is 6.52. The van der Waals surface area contributed by atoms with Crippen LogP contribution in [-0.2, 0) is 28.6 Å².